The van der Waals surface area contributed by atoms with Crippen molar-refractivity contribution in [3.63, 3.8) is 0 Å². The molecular weight excluding hydrogens is 541 g/mol. The van der Waals surface area contributed by atoms with Crippen molar-refractivity contribution in [1.29, 1.82) is 0 Å². The molecule has 0 radical (unpaired) electrons. The maximum Gasteiger partial charge on any atom is 0.265 e. The van der Waals surface area contributed by atoms with E-state index >= 15 is 0 Å². The van der Waals surface area contributed by atoms with E-state index in [1.54, 1.807) is 26.8 Å². The molecule has 0 fully saturated rings. The van der Waals surface area contributed by atoms with Crippen molar-refractivity contribution in [3.8, 4) is 16.3 Å². The largest absolute Gasteiger partial charge is 0.326 e. The molecule has 1 aliphatic rings. The second-order valence-corrected chi connectivity index (χ2v) is 12.0. The zero-order valence-corrected chi connectivity index (χ0v) is 23.4. The van der Waals surface area contributed by atoms with Crippen molar-refractivity contribution in [2.75, 3.05) is 11.1 Å². The van der Waals surface area contributed by atoms with E-state index in [2.05, 4.69) is 29.5 Å². The quantitative estimate of drug-likeness (QED) is 0.252. The van der Waals surface area contributed by atoms with E-state index in [0.29, 0.717) is 27.6 Å². The summed E-state index contributed by atoms with van der Waals surface area (Å²) in [5.41, 5.74) is 6.23. The monoisotopic (exact) mass is 564 g/mol. The first-order valence-electron chi connectivity index (χ1n) is 12.9. The van der Waals surface area contributed by atoms with Crippen LogP contribution in [0.25, 0.3) is 37.5 Å². The van der Waals surface area contributed by atoms with Crippen LogP contribution in [0.1, 0.15) is 23.6 Å². The number of rotatable bonds is 5. The molecular formula is C30H24N6O2S2. The summed E-state index contributed by atoms with van der Waals surface area (Å²) >= 11 is 3.15. The van der Waals surface area contributed by atoms with Crippen LogP contribution >= 0.6 is 23.1 Å². The highest BCUT2D eigenvalue weighted by Gasteiger charge is 2.29. The summed E-state index contributed by atoms with van der Waals surface area (Å²) in [6.07, 6.45) is 1.74. The topological polar surface area (TPSA) is 94.7 Å². The standard InChI is InChI=1S/C30H24N6O2S2/c1-17-4-3-5-21(12-17)36-27-23(15-31-36)29(38)35-22(16-39-30(35)34-27)14-26(37)32-20-9-7-19(8-10-20)28-33-24-11-6-18(2)13-25(24)40-28/h3-13,15,22H,14,16H2,1-2H3,(H,32,37). The lowest BCUT2D eigenvalue weighted by Crippen LogP contribution is -2.27. The second-order valence-electron chi connectivity index (χ2n) is 9.99. The van der Waals surface area contributed by atoms with Gasteiger partial charge in [-0.25, -0.2) is 14.6 Å². The number of carbonyl (C=O) groups is 1. The number of carbonyl (C=O) groups excluding carboxylic acids is 1. The summed E-state index contributed by atoms with van der Waals surface area (Å²) in [5.74, 6) is 0.458. The molecule has 1 amide bonds. The van der Waals surface area contributed by atoms with Crippen LogP contribution < -0.4 is 10.9 Å². The highest BCUT2D eigenvalue weighted by molar-refractivity contribution is 7.99. The first-order chi connectivity index (χ1) is 19.4. The Balaban J connectivity index is 1.08. The summed E-state index contributed by atoms with van der Waals surface area (Å²) < 4.78 is 4.50. The number of nitrogens with zero attached hydrogens (tertiary/aromatic N) is 5. The van der Waals surface area contributed by atoms with Crippen LogP contribution in [-0.2, 0) is 4.79 Å². The Kier molecular flexibility index (Phi) is 6.01. The van der Waals surface area contributed by atoms with Gasteiger partial charge in [-0.2, -0.15) is 5.10 Å². The Morgan fingerprint density at radius 2 is 1.85 bits per heavy atom. The highest BCUT2D eigenvalue weighted by Crippen LogP contribution is 2.34. The number of thioether (sulfide) groups is 1. The van der Waals surface area contributed by atoms with E-state index in [1.165, 1.54) is 17.3 Å². The van der Waals surface area contributed by atoms with Crippen LogP contribution in [0.2, 0.25) is 0 Å². The van der Waals surface area contributed by atoms with Crippen LogP contribution in [0.15, 0.2) is 82.9 Å². The first kappa shape index (κ1) is 24.7. The number of amides is 1. The molecule has 0 saturated heterocycles. The molecule has 7 rings (SSSR count). The molecule has 1 atom stereocenters. The molecule has 3 aromatic carbocycles. The number of hydrogen-bond acceptors (Lipinski definition) is 7. The molecule has 3 aromatic heterocycles. The van der Waals surface area contributed by atoms with E-state index in [1.807, 2.05) is 61.5 Å². The zero-order chi connectivity index (χ0) is 27.4. The minimum absolute atomic E-state index is 0.149. The van der Waals surface area contributed by atoms with Gasteiger partial charge in [-0.05, 0) is 73.5 Å². The zero-order valence-electron chi connectivity index (χ0n) is 21.8. The van der Waals surface area contributed by atoms with Gasteiger partial charge in [0.05, 0.1) is 28.1 Å². The van der Waals surface area contributed by atoms with Gasteiger partial charge < -0.3 is 5.32 Å². The molecule has 0 aliphatic carbocycles. The molecule has 8 nitrogen and oxygen atoms in total. The van der Waals surface area contributed by atoms with Gasteiger partial charge >= 0.3 is 0 Å². The van der Waals surface area contributed by atoms with E-state index in [9.17, 15) is 9.59 Å². The maximum atomic E-state index is 13.5. The van der Waals surface area contributed by atoms with Crippen LogP contribution in [0, 0.1) is 13.8 Å². The van der Waals surface area contributed by atoms with Crippen LogP contribution in [0.5, 0.6) is 0 Å². The van der Waals surface area contributed by atoms with Gasteiger partial charge in [0.25, 0.3) is 5.56 Å². The molecule has 198 valence electrons. The molecule has 0 saturated carbocycles. The van der Waals surface area contributed by atoms with Gasteiger partial charge in [0.15, 0.2) is 10.8 Å². The molecule has 4 heterocycles. The predicted molar refractivity (Wildman–Crippen MR) is 161 cm³/mol. The fourth-order valence-corrected chi connectivity index (χ4v) is 7.21. The van der Waals surface area contributed by atoms with Gasteiger partial charge in [0.2, 0.25) is 5.91 Å². The van der Waals surface area contributed by atoms with E-state index in [4.69, 9.17) is 9.97 Å². The van der Waals surface area contributed by atoms with E-state index in [0.717, 1.165) is 32.0 Å². The molecule has 40 heavy (non-hydrogen) atoms. The van der Waals surface area contributed by atoms with Gasteiger partial charge in [0.1, 0.15) is 10.4 Å². The number of aryl methyl sites for hydroxylation is 2. The smallest absolute Gasteiger partial charge is 0.265 e. The van der Waals surface area contributed by atoms with Crippen LogP contribution in [0.4, 0.5) is 5.69 Å². The van der Waals surface area contributed by atoms with Crippen molar-refractivity contribution < 1.29 is 4.79 Å². The first-order valence-corrected chi connectivity index (χ1v) is 14.7. The second kappa shape index (κ2) is 9.72. The number of aromatic nitrogens is 5. The minimum Gasteiger partial charge on any atom is -0.326 e. The molecule has 1 N–H and O–H groups in total. The number of hydrogen-bond donors (Lipinski definition) is 1. The van der Waals surface area contributed by atoms with Crippen molar-refractivity contribution in [1.82, 2.24) is 24.3 Å². The van der Waals surface area contributed by atoms with Gasteiger partial charge in [-0.3, -0.25) is 14.2 Å². The summed E-state index contributed by atoms with van der Waals surface area (Å²) in [4.78, 5) is 36.0. The summed E-state index contributed by atoms with van der Waals surface area (Å²) in [6.45, 7) is 4.09. The molecule has 1 aliphatic heterocycles. The predicted octanol–water partition coefficient (Wildman–Crippen LogP) is 6.15. The van der Waals surface area contributed by atoms with Gasteiger partial charge in [-0.1, -0.05) is 30.0 Å². The van der Waals surface area contributed by atoms with Gasteiger partial charge in [-0.15, -0.1) is 11.3 Å². The molecule has 6 aromatic rings. The lowest BCUT2D eigenvalue weighted by molar-refractivity contribution is -0.116. The lowest BCUT2D eigenvalue weighted by Gasteiger charge is -2.13. The average molecular weight is 565 g/mol. The third-order valence-corrected chi connectivity index (χ3v) is 9.16. The molecule has 10 heteroatoms. The van der Waals surface area contributed by atoms with Crippen molar-refractivity contribution in [3.05, 3.63) is 94.4 Å². The molecule has 1 unspecified atom stereocenters. The summed E-state index contributed by atoms with van der Waals surface area (Å²) in [7, 11) is 0. The SMILES string of the molecule is Cc1cccc(-n2ncc3c(=O)n4c(nc32)SCC4CC(=O)Nc2ccc(-c3nc4ccc(C)cc4s3)cc2)c1. The van der Waals surface area contributed by atoms with Crippen LogP contribution in [-0.4, -0.2) is 36.0 Å². The van der Waals surface area contributed by atoms with Crippen molar-refractivity contribution in [2.24, 2.45) is 0 Å². The lowest BCUT2D eigenvalue weighted by atomic mass is 10.2. The summed E-state index contributed by atoms with van der Waals surface area (Å²) in [5, 5.41) is 9.43. The van der Waals surface area contributed by atoms with E-state index in [-0.39, 0.29) is 23.9 Å². The minimum atomic E-state index is -0.280. The molecule has 0 bridgehead atoms. The number of benzene rings is 3. The number of anilines is 1. The number of thiazole rings is 1. The Morgan fingerprint density at radius 3 is 2.67 bits per heavy atom. The summed E-state index contributed by atoms with van der Waals surface area (Å²) in [6, 6.07) is 21.6. The Bertz CT molecular complexity index is 1990. The Morgan fingerprint density at radius 1 is 1.02 bits per heavy atom. The maximum absolute atomic E-state index is 13.5. The molecule has 0 spiro atoms. The number of nitrogens with one attached hydrogen (secondary N) is 1. The average Bonchev–Trinajstić information content (AvgIpc) is 3.66. The van der Waals surface area contributed by atoms with Crippen molar-refractivity contribution >= 4 is 55.9 Å². The van der Waals surface area contributed by atoms with E-state index < -0.39 is 0 Å². The Hall–Kier alpha value is -4.28. The van der Waals surface area contributed by atoms with Crippen LogP contribution in [0.3, 0.4) is 0 Å². The Labute approximate surface area is 237 Å². The van der Waals surface area contributed by atoms with Gasteiger partial charge in [0, 0.05) is 23.4 Å². The fraction of sp³-hybridized carbons (Fsp3) is 0.167. The fourth-order valence-electron chi connectivity index (χ4n) is 5.01. The number of fused-ring (bicyclic) bond motifs is 3. The highest BCUT2D eigenvalue weighted by atomic mass is 32.2. The normalized spacial score (nSPS) is 14.6. The third-order valence-electron chi connectivity index (χ3n) is 7.00. The third kappa shape index (κ3) is 4.39. The van der Waals surface area contributed by atoms with Crippen molar-refractivity contribution in [2.45, 2.75) is 31.5 Å².